The lowest BCUT2D eigenvalue weighted by Gasteiger charge is -2.47. The molecule has 2 amide bonds. The molecule has 168 valence electrons. The van der Waals surface area contributed by atoms with Crippen LogP contribution in [0.15, 0.2) is 18.2 Å². The smallest absolute Gasteiger partial charge is 0.312 e. The second kappa shape index (κ2) is 8.05. The van der Waals surface area contributed by atoms with E-state index in [9.17, 15) is 14.4 Å². The minimum absolute atomic E-state index is 0.0212. The first kappa shape index (κ1) is 21.5. The summed E-state index contributed by atoms with van der Waals surface area (Å²) in [6.07, 6.45) is 1.71. The van der Waals surface area contributed by atoms with Crippen molar-refractivity contribution in [2.45, 2.75) is 45.2 Å². The minimum Gasteiger partial charge on any atom is -0.497 e. The number of rotatable bonds is 6. The highest BCUT2D eigenvalue weighted by Gasteiger charge is 2.69. The maximum atomic E-state index is 13.7. The Morgan fingerprint density at radius 3 is 2.74 bits per heavy atom. The highest BCUT2D eigenvalue weighted by atomic mass is 16.5. The second-order valence-corrected chi connectivity index (χ2v) is 8.54. The number of nitrogens with zero attached hydrogens (tertiary/aromatic N) is 2. The third-order valence-electron chi connectivity index (χ3n) is 6.82. The summed E-state index contributed by atoms with van der Waals surface area (Å²) >= 11 is 0. The van der Waals surface area contributed by atoms with Gasteiger partial charge in [-0.1, -0.05) is 13.3 Å². The minimum atomic E-state index is -1.32. The van der Waals surface area contributed by atoms with Gasteiger partial charge in [0.15, 0.2) is 0 Å². The molecule has 0 radical (unpaired) electrons. The summed E-state index contributed by atoms with van der Waals surface area (Å²) in [5, 5.41) is 0. The van der Waals surface area contributed by atoms with Crippen molar-refractivity contribution in [1.82, 2.24) is 9.80 Å². The molecule has 0 saturated carbocycles. The Labute approximate surface area is 182 Å². The number of carbonyl (C=O) groups is 3. The summed E-state index contributed by atoms with van der Waals surface area (Å²) in [6.45, 7) is 6.44. The molecular formula is C23H30N2O6. The predicted molar refractivity (Wildman–Crippen MR) is 112 cm³/mol. The number of benzene rings is 1. The van der Waals surface area contributed by atoms with E-state index in [0.29, 0.717) is 18.0 Å². The van der Waals surface area contributed by atoms with Gasteiger partial charge in [0.25, 0.3) is 0 Å². The van der Waals surface area contributed by atoms with Gasteiger partial charge in [-0.25, -0.2) is 0 Å². The summed E-state index contributed by atoms with van der Waals surface area (Å²) in [4.78, 5) is 43.6. The monoisotopic (exact) mass is 430 g/mol. The Hall–Kier alpha value is -2.77. The quantitative estimate of drug-likeness (QED) is 0.643. The normalized spacial score (nSPS) is 29.1. The van der Waals surface area contributed by atoms with Gasteiger partial charge < -0.3 is 24.0 Å². The molecule has 3 aliphatic heterocycles. The molecular weight excluding hydrogens is 400 g/mol. The van der Waals surface area contributed by atoms with Crippen molar-refractivity contribution < 1.29 is 28.6 Å². The van der Waals surface area contributed by atoms with Crippen LogP contribution in [0.2, 0.25) is 0 Å². The largest absolute Gasteiger partial charge is 0.497 e. The van der Waals surface area contributed by atoms with Crippen LogP contribution in [-0.4, -0.2) is 66.5 Å². The molecule has 0 spiro atoms. The third-order valence-corrected chi connectivity index (χ3v) is 6.82. The first-order chi connectivity index (χ1) is 14.9. The zero-order valence-electron chi connectivity index (χ0n) is 18.6. The molecule has 2 saturated heterocycles. The van der Waals surface area contributed by atoms with E-state index in [-0.39, 0.29) is 37.5 Å². The molecule has 8 nitrogen and oxygen atoms in total. The molecule has 8 heteroatoms. The first-order valence-electron chi connectivity index (χ1n) is 11.0. The molecule has 3 heterocycles. The Balaban J connectivity index is 1.84. The van der Waals surface area contributed by atoms with Crippen LogP contribution < -0.4 is 9.47 Å². The van der Waals surface area contributed by atoms with Gasteiger partial charge in [-0.05, 0) is 38.5 Å². The molecule has 0 aromatic heterocycles. The van der Waals surface area contributed by atoms with Gasteiger partial charge in [-0.15, -0.1) is 0 Å². The fourth-order valence-electron chi connectivity index (χ4n) is 5.44. The standard InChI is InChI=1S/C23H30N2O6/c1-5-7-10-24-12-18(26)25-20-15-11-14(29-4)8-9-17(15)31-13-16(20)19(21(27)30-6-2)23(25,3)22(24)28/h8-9,11,16,19-20H,5-7,10,12-13H2,1-4H3/t16-,19-,20-,23-/m1/s1. The molecule has 4 rings (SSSR count). The van der Waals surface area contributed by atoms with Gasteiger partial charge >= 0.3 is 5.97 Å². The summed E-state index contributed by atoms with van der Waals surface area (Å²) in [5.74, 6) is -0.739. The zero-order chi connectivity index (χ0) is 22.3. The van der Waals surface area contributed by atoms with Gasteiger partial charge in [0, 0.05) is 18.0 Å². The summed E-state index contributed by atoms with van der Waals surface area (Å²) in [7, 11) is 1.57. The molecule has 1 aromatic carbocycles. The fraction of sp³-hybridized carbons (Fsp3) is 0.609. The SMILES string of the molecule is CCCCN1CC(=O)N2[C@@H]3c4cc(OC)ccc4OC[C@@H]3[C@H](C(=O)OCC)[C@]2(C)C1=O. The zero-order valence-corrected chi connectivity index (χ0v) is 18.6. The van der Waals surface area contributed by atoms with E-state index in [4.69, 9.17) is 14.2 Å². The summed E-state index contributed by atoms with van der Waals surface area (Å²) < 4.78 is 16.8. The lowest BCUT2D eigenvalue weighted by molar-refractivity contribution is -0.170. The van der Waals surface area contributed by atoms with Gasteiger partial charge in [0.1, 0.15) is 17.0 Å². The number of amides is 2. The van der Waals surface area contributed by atoms with Crippen LogP contribution >= 0.6 is 0 Å². The molecule has 0 N–H and O–H groups in total. The number of ether oxygens (including phenoxy) is 3. The summed E-state index contributed by atoms with van der Waals surface area (Å²) in [6, 6.07) is 4.99. The molecule has 3 aliphatic rings. The third kappa shape index (κ3) is 3.15. The van der Waals surface area contributed by atoms with Crippen molar-refractivity contribution in [2.24, 2.45) is 11.8 Å². The topological polar surface area (TPSA) is 85.4 Å². The van der Waals surface area contributed by atoms with Crippen LogP contribution in [0.5, 0.6) is 11.5 Å². The van der Waals surface area contributed by atoms with Crippen LogP contribution in [0.3, 0.4) is 0 Å². The number of piperazine rings is 1. The van der Waals surface area contributed by atoms with Crippen LogP contribution in [0.1, 0.15) is 45.2 Å². The number of carbonyl (C=O) groups excluding carboxylic acids is 3. The highest BCUT2D eigenvalue weighted by Crippen LogP contribution is 2.57. The lowest BCUT2D eigenvalue weighted by Crippen LogP contribution is -2.67. The van der Waals surface area contributed by atoms with E-state index in [1.807, 2.05) is 19.1 Å². The van der Waals surface area contributed by atoms with E-state index in [2.05, 4.69) is 0 Å². The number of fused-ring (bicyclic) bond motifs is 5. The molecule has 4 atom stereocenters. The van der Waals surface area contributed by atoms with Crippen molar-refractivity contribution in [2.75, 3.05) is 33.4 Å². The van der Waals surface area contributed by atoms with Gasteiger partial charge in [-0.3, -0.25) is 14.4 Å². The second-order valence-electron chi connectivity index (χ2n) is 8.54. The Kier molecular flexibility index (Phi) is 5.58. The number of esters is 1. The van der Waals surface area contributed by atoms with E-state index in [0.717, 1.165) is 18.4 Å². The Morgan fingerprint density at radius 1 is 1.29 bits per heavy atom. The van der Waals surface area contributed by atoms with E-state index >= 15 is 0 Å². The van der Waals surface area contributed by atoms with Crippen LogP contribution in [0.4, 0.5) is 0 Å². The van der Waals surface area contributed by atoms with Crippen molar-refractivity contribution in [1.29, 1.82) is 0 Å². The molecule has 0 aliphatic carbocycles. The predicted octanol–water partition coefficient (Wildman–Crippen LogP) is 2.17. The van der Waals surface area contributed by atoms with Crippen LogP contribution in [-0.2, 0) is 19.1 Å². The Bertz CT molecular complexity index is 902. The highest BCUT2D eigenvalue weighted by molar-refractivity contribution is 6.02. The van der Waals surface area contributed by atoms with Crippen molar-refractivity contribution in [3.8, 4) is 11.5 Å². The van der Waals surface area contributed by atoms with Gasteiger partial charge in [-0.2, -0.15) is 0 Å². The number of methoxy groups -OCH3 is 1. The van der Waals surface area contributed by atoms with Crippen LogP contribution in [0.25, 0.3) is 0 Å². The molecule has 0 bridgehead atoms. The average molecular weight is 431 g/mol. The van der Waals surface area contributed by atoms with E-state index in [1.54, 1.807) is 36.8 Å². The van der Waals surface area contributed by atoms with E-state index in [1.165, 1.54) is 0 Å². The van der Waals surface area contributed by atoms with Crippen molar-refractivity contribution in [3.05, 3.63) is 23.8 Å². The maximum Gasteiger partial charge on any atom is 0.312 e. The summed E-state index contributed by atoms with van der Waals surface area (Å²) in [5.41, 5.74) is -0.560. The van der Waals surface area contributed by atoms with E-state index < -0.39 is 23.5 Å². The number of hydrogen-bond donors (Lipinski definition) is 0. The maximum absolute atomic E-state index is 13.7. The van der Waals surface area contributed by atoms with Gasteiger partial charge in [0.05, 0.1) is 38.8 Å². The fourth-order valence-corrected chi connectivity index (χ4v) is 5.44. The number of unbranched alkanes of at least 4 members (excludes halogenated alkanes) is 1. The Morgan fingerprint density at radius 2 is 2.06 bits per heavy atom. The van der Waals surface area contributed by atoms with Gasteiger partial charge in [0.2, 0.25) is 11.8 Å². The lowest BCUT2D eigenvalue weighted by atomic mass is 9.77. The molecule has 31 heavy (non-hydrogen) atoms. The molecule has 0 unspecified atom stereocenters. The van der Waals surface area contributed by atoms with Crippen molar-refractivity contribution >= 4 is 17.8 Å². The molecule has 1 aromatic rings. The first-order valence-corrected chi connectivity index (χ1v) is 11.0. The average Bonchev–Trinajstić information content (AvgIpc) is 3.05. The molecule has 2 fully saturated rings. The van der Waals surface area contributed by atoms with Crippen LogP contribution in [0, 0.1) is 11.8 Å². The van der Waals surface area contributed by atoms with Crippen molar-refractivity contribution in [3.63, 3.8) is 0 Å². The number of hydrogen-bond acceptors (Lipinski definition) is 6.